The number of aromatic nitrogens is 4. The molecule has 6 heteroatoms. The highest BCUT2D eigenvalue weighted by Crippen LogP contribution is 2.25. The summed E-state index contributed by atoms with van der Waals surface area (Å²) in [7, 11) is 0. The second-order valence-electron chi connectivity index (χ2n) is 3.76. The molecule has 1 aliphatic heterocycles. The maximum Gasteiger partial charge on any atom is 0.147 e. The Labute approximate surface area is 101 Å². The van der Waals surface area contributed by atoms with E-state index in [1.54, 1.807) is 18.6 Å². The maximum atomic E-state index is 4.27. The summed E-state index contributed by atoms with van der Waals surface area (Å²) in [6.45, 7) is 1.87. The molecule has 3 rings (SSSR count). The summed E-state index contributed by atoms with van der Waals surface area (Å²) in [4.78, 5) is 10.5. The van der Waals surface area contributed by atoms with Crippen molar-refractivity contribution in [1.29, 1.82) is 0 Å². The van der Waals surface area contributed by atoms with Crippen LogP contribution in [0.15, 0.2) is 35.5 Å². The van der Waals surface area contributed by atoms with Gasteiger partial charge in [0.2, 0.25) is 0 Å². The summed E-state index contributed by atoms with van der Waals surface area (Å²) in [5, 5.41) is 4.27. The highest BCUT2D eigenvalue weighted by atomic mass is 79.9. The van der Waals surface area contributed by atoms with Gasteiger partial charge >= 0.3 is 0 Å². The Bertz CT molecular complexity index is 477. The van der Waals surface area contributed by atoms with Crippen molar-refractivity contribution in [1.82, 2.24) is 19.7 Å². The third-order valence-electron chi connectivity index (χ3n) is 2.68. The molecule has 1 saturated heterocycles. The van der Waals surface area contributed by atoms with Crippen LogP contribution in [0.1, 0.15) is 6.04 Å². The van der Waals surface area contributed by atoms with Gasteiger partial charge in [0, 0.05) is 31.7 Å². The van der Waals surface area contributed by atoms with Gasteiger partial charge in [-0.3, -0.25) is 9.67 Å². The summed E-state index contributed by atoms with van der Waals surface area (Å²) in [6.07, 6.45) is 9.00. The lowest BCUT2D eigenvalue weighted by molar-refractivity contribution is 0.365. The SMILES string of the molecule is Brc1cnn(C2CN(c3cnccn3)C2)c1. The third-order valence-corrected chi connectivity index (χ3v) is 3.09. The molecule has 0 unspecified atom stereocenters. The molecule has 0 aliphatic carbocycles. The topological polar surface area (TPSA) is 46.8 Å². The molecule has 3 heterocycles. The van der Waals surface area contributed by atoms with Gasteiger partial charge in [-0.2, -0.15) is 5.10 Å². The molecule has 0 aromatic carbocycles. The van der Waals surface area contributed by atoms with Gasteiger partial charge in [0.15, 0.2) is 0 Å². The summed E-state index contributed by atoms with van der Waals surface area (Å²) in [6, 6.07) is 0.438. The van der Waals surface area contributed by atoms with Crippen molar-refractivity contribution >= 4 is 21.7 Å². The van der Waals surface area contributed by atoms with Crippen LogP contribution in [0.25, 0.3) is 0 Å². The largest absolute Gasteiger partial charge is 0.351 e. The molecule has 1 aliphatic rings. The lowest BCUT2D eigenvalue weighted by Crippen LogP contribution is -2.48. The van der Waals surface area contributed by atoms with Crippen LogP contribution in [0.2, 0.25) is 0 Å². The molecule has 16 heavy (non-hydrogen) atoms. The molecule has 2 aromatic heterocycles. The third kappa shape index (κ3) is 1.69. The fourth-order valence-corrected chi connectivity index (χ4v) is 2.08. The van der Waals surface area contributed by atoms with Gasteiger partial charge in [-0.15, -0.1) is 0 Å². The molecule has 5 nitrogen and oxygen atoms in total. The van der Waals surface area contributed by atoms with Crippen molar-refractivity contribution in [2.45, 2.75) is 6.04 Å². The smallest absolute Gasteiger partial charge is 0.147 e. The molecule has 0 radical (unpaired) electrons. The van der Waals surface area contributed by atoms with Gasteiger partial charge in [0.05, 0.1) is 22.9 Å². The number of hydrogen-bond acceptors (Lipinski definition) is 4. The monoisotopic (exact) mass is 279 g/mol. The van der Waals surface area contributed by atoms with Gasteiger partial charge in [-0.05, 0) is 15.9 Å². The van der Waals surface area contributed by atoms with Crippen LogP contribution in [0.3, 0.4) is 0 Å². The molecule has 2 aromatic rings. The molecular weight excluding hydrogens is 270 g/mol. The van der Waals surface area contributed by atoms with E-state index in [1.165, 1.54) is 0 Å². The van der Waals surface area contributed by atoms with Gasteiger partial charge in [-0.1, -0.05) is 0 Å². The zero-order valence-corrected chi connectivity index (χ0v) is 10.1. The van der Waals surface area contributed by atoms with E-state index in [2.05, 4.69) is 35.9 Å². The van der Waals surface area contributed by atoms with E-state index in [0.717, 1.165) is 23.4 Å². The van der Waals surface area contributed by atoms with Gasteiger partial charge in [0.25, 0.3) is 0 Å². The van der Waals surface area contributed by atoms with Crippen LogP contribution >= 0.6 is 15.9 Å². The lowest BCUT2D eigenvalue weighted by Gasteiger charge is -2.39. The first-order valence-corrected chi connectivity index (χ1v) is 5.83. The summed E-state index contributed by atoms with van der Waals surface area (Å²) in [5.74, 6) is 0.935. The Balaban J connectivity index is 1.67. The normalized spacial score (nSPS) is 16.2. The fourth-order valence-electron chi connectivity index (χ4n) is 1.78. The average molecular weight is 280 g/mol. The van der Waals surface area contributed by atoms with E-state index >= 15 is 0 Å². The summed E-state index contributed by atoms with van der Waals surface area (Å²) < 4.78 is 3.00. The molecule has 0 bridgehead atoms. The van der Waals surface area contributed by atoms with Crippen molar-refractivity contribution < 1.29 is 0 Å². The second-order valence-corrected chi connectivity index (χ2v) is 4.68. The number of rotatable bonds is 2. The Morgan fingerprint density at radius 3 is 2.75 bits per heavy atom. The van der Waals surface area contributed by atoms with Crippen LogP contribution in [-0.4, -0.2) is 32.8 Å². The lowest BCUT2D eigenvalue weighted by atomic mass is 10.1. The molecule has 0 amide bonds. The Kier molecular flexibility index (Phi) is 2.36. The standard InChI is InChI=1S/C10H10BrN5/c11-8-3-14-16(5-8)9-6-15(7-9)10-4-12-1-2-13-10/h1-5,9H,6-7H2. The van der Waals surface area contributed by atoms with Gasteiger partial charge in [-0.25, -0.2) is 4.98 Å². The van der Waals surface area contributed by atoms with Gasteiger partial charge in [0.1, 0.15) is 5.82 Å². The number of halogens is 1. The Morgan fingerprint density at radius 1 is 1.25 bits per heavy atom. The summed E-state index contributed by atoms with van der Waals surface area (Å²) >= 11 is 3.39. The predicted octanol–water partition coefficient (Wildman–Crippen LogP) is 1.50. The zero-order valence-electron chi connectivity index (χ0n) is 8.49. The molecule has 0 atom stereocenters. The van der Waals surface area contributed by atoms with E-state index in [0.29, 0.717) is 6.04 Å². The summed E-state index contributed by atoms with van der Waals surface area (Å²) in [5.41, 5.74) is 0. The van der Waals surface area contributed by atoms with Crippen molar-refractivity contribution in [3.05, 3.63) is 35.5 Å². The number of anilines is 1. The predicted molar refractivity (Wildman–Crippen MR) is 63.2 cm³/mol. The minimum Gasteiger partial charge on any atom is -0.351 e. The second kappa shape index (κ2) is 3.86. The van der Waals surface area contributed by atoms with Crippen molar-refractivity contribution in [3.8, 4) is 0 Å². The highest BCUT2D eigenvalue weighted by Gasteiger charge is 2.29. The molecular formula is C10H10BrN5. The Morgan fingerprint density at radius 2 is 2.12 bits per heavy atom. The van der Waals surface area contributed by atoms with Gasteiger partial charge < -0.3 is 4.90 Å². The van der Waals surface area contributed by atoms with Crippen LogP contribution in [0.4, 0.5) is 5.82 Å². The number of hydrogen-bond donors (Lipinski definition) is 0. The first-order chi connectivity index (χ1) is 7.83. The minimum atomic E-state index is 0.438. The molecule has 82 valence electrons. The molecule has 0 spiro atoms. The van der Waals surface area contributed by atoms with E-state index in [4.69, 9.17) is 0 Å². The maximum absolute atomic E-state index is 4.27. The molecule has 0 saturated carbocycles. The van der Waals surface area contributed by atoms with E-state index < -0.39 is 0 Å². The van der Waals surface area contributed by atoms with E-state index in [9.17, 15) is 0 Å². The zero-order chi connectivity index (χ0) is 11.0. The number of nitrogens with zero attached hydrogens (tertiary/aromatic N) is 5. The van der Waals surface area contributed by atoms with Crippen molar-refractivity contribution in [3.63, 3.8) is 0 Å². The molecule has 0 N–H and O–H groups in total. The average Bonchev–Trinajstić information content (AvgIpc) is 2.64. The van der Waals surface area contributed by atoms with Crippen LogP contribution in [0.5, 0.6) is 0 Å². The minimum absolute atomic E-state index is 0.438. The van der Waals surface area contributed by atoms with Crippen LogP contribution in [0, 0.1) is 0 Å². The van der Waals surface area contributed by atoms with Crippen molar-refractivity contribution in [2.24, 2.45) is 0 Å². The quantitative estimate of drug-likeness (QED) is 0.836. The highest BCUT2D eigenvalue weighted by molar-refractivity contribution is 9.10. The van der Waals surface area contributed by atoms with Crippen molar-refractivity contribution in [2.75, 3.05) is 18.0 Å². The first kappa shape index (κ1) is 9.77. The van der Waals surface area contributed by atoms with Crippen LogP contribution in [-0.2, 0) is 0 Å². The van der Waals surface area contributed by atoms with E-state index in [1.807, 2.05) is 17.1 Å². The Hall–Kier alpha value is -1.43. The first-order valence-electron chi connectivity index (χ1n) is 5.03. The van der Waals surface area contributed by atoms with E-state index in [-0.39, 0.29) is 0 Å². The fraction of sp³-hybridized carbons (Fsp3) is 0.300. The molecule has 1 fully saturated rings. The van der Waals surface area contributed by atoms with Crippen LogP contribution < -0.4 is 4.90 Å².